The predicted molar refractivity (Wildman–Crippen MR) is 96.2 cm³/mol. The number of anilines is 1. The van der Waals surface area contributed by atoms with Gasteiger partial charge in [-0.15, -0.1) is 0 Å². The standard InChI is InChI=1S/C20H16FN3O4/c21-16-6-18-17(23-19(25)11-28-18)5-15(16)20(26)24-8-14(9-24)27-10-13-3-1-2-12(4-13)7-22/h1-6,14H,8-11H2,(H,23,25). The minimum atomic E-state index is -0.697. The molecule has 0 radical (unpaired) electrons. The zero-order valence-corrected chi connectivity index (χ0v) is 14.8. The quantitative estimate of drug-likeness (QED) is 0.875. The minimum Gasteiger partial charge on any atom is -0.481 e. The van der Waals surface area contributed by atoms with Gasteiger partial charge in [0.25, 0.3) is 11.8 Å². The Bertz CT molecular complexity index is 995. The molecular formula is C20H16FN3O4. The maximum atomic E-state index is 14.3. The van der Waals surface area contributed by atoms with Crippen molar-refractivity contribution < 1.29 is 23.5 Å². The van der Waals surface area contributed by atoms with E-state index in [0.29, 0.717) is 25.3 Å². The van der Waals surface area contributed by atoms with E-state index < -0.39 is 11.7 Å². The summed E-state index contributed by atoms with van der Waals surface area (Å²) in [6.07, 6.45) is -0.154. The molecule has 0 bridgehead atoms. The van der Waals surface area contributed by atoms with Gasteiger partial charge >= 0.3 is 0 Å². The molecule has 2 aromatic rings. The molecule has 2 aliphatic heterocycles. The number of halogens is 1. The molecule has 1 saturated heterocycles. The Balaban J connectivity index is 1.36. The van der Waals surface area contributed by atoms with Gasteiger partial charge in [0.2, 0.25) is 0 Å². The molecule has 1 N–H and O–H groups in total. The van der Waals surface area contributed by atoms with Crippen LogP contribution < -0.4 is 10.1 Å². The Labute approximate surface area is 160 Å². The lowest BCUT2D eigenvalue weighted by Gasteiger charge is -2.39. The minimum absolute atomic E-state index is 0.121. The first kappa shape index (κ1) is 17.9. The summed E-state index contributed by atoms with van der Waals surface area (Å²) in [5, 5.41) is 11.5. The van der Waals surface area contributed by atoms with Gasteiger partial charge in [0, 0.05) is 19.2 Å². The number of amides is 2. The van der Waals surface area contributed by atoms with Crippen molar-refractivity contribution in [2.45, 2.75) is 12.7 Å². The molecule has 2 aromatic carbocycles. The van der Waals surface area contributed by atoms with Crippen molar-refractivity contribution in [3.8, 4) is 11.8 Å². The second-order valence-corrected chi connectivity index (χ2v) is 6.62. The molecule has 2 heterocycles. The van der Waals surface area contributed by atoms with Crippen LogP contribution in [0.1, 0.15) is 21.5 Å². The molecule has 4 rings (SSSR count). The third-order valence-electron chi connectivity index (χ3n) is 4.61. The van der Waals surface area contributed by atoms with Gasteiger partial charge in [0.1, 0.15) is 11.6 Å². The number of nitriles is 1. The molecule has 2 aliphatic rings. The highest BCUT2D eigenvalue weighted by atomic mass is 19.1. The number of carbonyl (C=O) groups excluding carboxylic acids is 2. The Morgan fingerprint density at radius 2 is 2.18 bits per heavy atom. The van der Waals surface area contributed by atoms with Crippen LogP contribution in [0.3, 0.4) is 0 Å². The van der Waals surface area contributed by atoms with Crippen molar-refractivity contribution in [2.75, 3.05) is 25.0 Å². The molecule has 2 amide bonds. The van der Waals surface area contributed by atoms with Crippen LogP contribution in [0.25, 0.3) is 0 Å². The monoisotopic (exact) mass is 381 g/mol. The van der Waals surface area contributed by atoms with Gasteiger partial charge in [0.05, 0.1) is 35.6 Å². The van der Waals surface area contributed by atoms with Crippen molar-refractivity contribution in [3.05, 3.63) is 58.9 Å². The normalized spacial score (nSPS) is 15.7. The number of hydrogen-bond acceptors (Lipinski definition) is 5. The molecule has 0 aliphatic carbocycles. The Morgan fingerprint density at radius 1 is 1.36 bits per heavy atom. The summed E-state index contributed by atoms with van der Waals surface area (Å²) in [5.41, 5.74) is 1.60. The molecule has 142 valence electrons. The molecule has 1 fully saturated rings. The predicted octanol–water partition coefficient (Wildman–Crippen LogP) is 2.07. The van der Waals surface area contributed by atoms with E-state index in [4.69, 9.17) is 14.7 Å². The van der Waals surface area contributed by atoms with Crippen LogP contribution in [0, 0.1) is 17.1 Å². The lowest BCUT2D eigenvalue weighted by molar-refractivity contribution is -0.118. The first-order valence-corrected chi connectivity index (χ1v) is 8.69. The van der Waals surface area contributed by atoms with E-state index in [-0.39, 0.29) is 35.6 Å². The Kier molecular flexibility index (Phi) is 4.67. The highest BCUT2D eigenvalue weighted by Crippen LogP contribution is 2.31. The van der Waals surface area contributed by atoms with Crippen LogP contribution in [0.2, 0.25) is 0 Å². The summed E-state index contributed by atoms with van der Waals surface area (Å²) in [6, 6.07) is 11.6. The maximum Gasteiger partial charge on any atom is 0.262 e. The first-order chi connectivity index (χ1) is 13.5. The van der Waals surface area contributed by atoms with E-state index in [1.807, 2.05) is 6.07 Å². The number of nitrogens with one attached hydrogen (secondary N) is 1. The third-order valence-corrected chi connectivity index (χ3v) is 4.61. The summed E-state index contributed by atoms with van der Waals surface area (Å²) in [4.78, 5) is 25.4. The Hall–Kier alpha value is -3.44. The highest BCUT2D eigenvalue weighted by Gasteiger charge is 2.34. The number of nitrogens with zero attached hydrogens (tertiary/aromatic N) is 2. The summed E-state index contributed by atoms with van der Waals surface area (Å²) < 4.78 is 25.2. The van der Waals surface area contributed by atoms with E-state index in [2.05, 4.69) is 11.4 Å². The van der Waals surface area contributed by atoms with Crippen LogP contribution in [-0.4, -0.2) is 42.5 Å². The highest BCUT2D eigenvalue weighted by molar-refractivity contribution is 6.00. The van der Waals surface area contributed by atoms with Crippen molar-refractivity contribution in [3.63, 3.8) is 0 Å². The average molecular weight is 381 g/mol. The van der Waals surface area contributed by atoms with Crippen molar-refractivity contribution in [1.29, 1.82) is 5.26 Å². The smallest absolute Gasteiger partial charge is 0.262 e. The molecule has 0 unspecified atom stereocenters. The first-order valence-electron chi connectivity index (χ1n) is 8.69. The van der Waals surface area contributed by atoms with Gasteiger partial charge in [-0.3, -0.25) is 9.59 Å². The van der Waals surface area contributed by atoms with Crippen LogP contribution in [0.4, 0.5) is 10.1 Å². The van der Waals surface area contributed by atoms with Crippen LogP contribution in [-0.2, 0) is 16.1 Å². The number of carbonyl (C=O) groups is 2. The molecule has 0 aromatic heterocycles. The zero-order chi connectivity index (χ0) is 19.7. The fourth-order valence-corrected chi connectivity index (χ4v) is 3.09. The molecule has 0 atom stereocenters. The van der Waals surface area contributed by atoms with Crippen LogP contribution >= 0.6 is 0 Å². The van der Waals surface area contributed by atoms with E-state index >= 15 is 0 Å². The number of likely N-dealkylation sites (tertiary alicyclic amines) is 1. The molecule has 0 saturated carbocycles. The van der Waals surface area contributed by atoms with E-state index in [1.54, 1.807) is 18.2 Å². The van der Waals surface area contributed by atoms with Crippen molar-refractivity contribution in [2.24, 2.45) is 0 Å². The topological polar surface area (TPSA) is 91.7 Å². The van der Waals surface area contributed by atoms with Gasteiger partial charge in [0.15, 0.2) is 6.61 Å². The second kappa shape index (κ2) is 7.29. The molecular weight excluding hydrogens is 365 g/mol. The van der Waals surface area contributed by atoms with Crippen molar-refractivity contribution >= 4 is 17.5 Å². The van der Waals surface area contributed by atoms with Crippen LogP contribution in [0.15, 0.2) is 36.4 Å². The van der Waals surface area contributed by atoms with Gasteiger partial charge in [-0.25, -0.2) is 4.39 Å². The van der Waals surface area contributed by atoms with Crippen LogP contribution in [0.5, 0.6) is 5.75 Å². The fourth-order valence-electron chi connectivity index (χ4n) is 3.09. The number of hydrogen-bond donors (Lipinski definition) is 1. The lowest BCUT2D eigenvalue weighted by atomic mass is 10.1. The average Bonchev–Trinajstić information content (AvgIpc) is 2.66. The summed E-state index contributed by atoms with van der Waals surface area (Å²) in [6.45, 7) is 0.841. The molecule has 8 heteroatoms. The summed E-state index contributed by atoms with van der Waals surface area (Å²) >= 11 is 0. The largest absolute Gasteiger partial charge is 0.481 e. The SMILES string of the molecule is N#Cc1cccc(COC2CN(C(=O)c3cc4c(cc3F)OCC(=O)N4)C2)c1. The zero-order valence-electron chi connectivity index (χ0n) is 14.8. The summed E-state index contributed by atoms with van der Waals surface area (Å²) in [5.74, 6) is -1.31. The number of benzene rings is 2. The van der Waals surface area contributed by atoms with E-state index in [0.717, 1.165) is 11.6 Å². The lowest BCUT2D eigenvalue weighted by Crippen LogP contribution is -2.54. The molecule has 28 heavy (non-hydrogen) atoms. The molecule has 0 spiro atoms. The van der Waals surface area contributed by atoms with Gasteiger partial charge in [-0.1, -0.05) is 12.1 Å². The third kappa shape index (κ3) is 3.52. The van der Waals surface area contributed by atoms with Gasteiger partial charge < -0.3 is 19.7 Å². The maximum absolute atomic E-state index is 14.3. The van der Waals surface area contributed by atoms with E-state index in [1.165, 1.54) is 11.0 Å². The molecule has 7 nitrogen and oxygen atoms in total. The number of ether oxygens (including phenoxy) is 2. The number of rotatable bonds is 4. The Morgan fingerprint density at radius 3 is 2.96 bits per heavy atom. The van der Waals surface area contributed by atoms with Crippen molar-refractivity contribution in [1.82, 2.24) is 4.90 Å². The van der Waals surface area contributed by atoms with Gasteiger partial charge in [-0.2, -0.15) is 5.26 Å². The van der Waals surface area contributed by atoms with Gasteiger partial charge in [-0.05, 0) is 23.8 Å². The second-order valence-electron chi connectivity index (χ2n) is 6.62. The summed E-state index contributed by atoms with van der Waals surface area (Å²) in [7, 11) is 0. The fraction of sp³-hybridized carbons (Fsp3) is 0.250. The number of fused-ring (bicyclic) bond motifs is 1. The van der Waals surface area contributed by atoms with E-state index in [9.17, 15) is 14.0 Å².